The molecule has 0 aliphatic carbocycles. The number of aliphatic imine (C=N–C) groups is 2. The van der Waals surface area contributed by atoms with Crippen LogP contribution < -0.4 is 0 Å². The smallest absolute Gasteiger partial charge is 0.0665 e. The molecule has 0 heterocycles. The van der Waals surface area contributed by atoms with Gasteiger partial charge in [0.25, 0.3) is 0 Å². The SMILES string of the molecule is CCCCCCCCCCCCCCCCCCCCCCCC/C=C/CCCc1ccccc1N=CC(CC)=Nc1ccccc1CCC/C=C/CCCCCCCCCCCCCCCCCCCCCCCC.[Ni]. The van der Waals surface area contributed by atoms with Gasteiger partial charge in [-0.2, -0.15) is 0 Å². The topological polar surface area (TPSA) is 24.7 Å². The number of benzene rings is 2. The van der Waals surface area contributed by atoms with Crippen LogP contribution in [0.5, 0.6) is 0 Å². The molecule has 0 aliphatic heterocycles. The van der Waals surface area contributed by atoms with Crippen molar-refractivity contribution in [3.63, 3.8) is 0 Å². The molecule has 0 unspecified atom stereocenters. The maximum atomic E-state index is 5.15. The zero-order chi connectivity index (χ0) is 54.0. The van der Waals surface area contributed by atoms with E-state index in [4.69, 9.17) is 9.98 Å². The molecule has 0 saturated heterocycles. The zero-order valence-electron chi connectivity index (χ0n) is 51.7. The third kappa shape index (κ3) is 48.2. The number of allylic oxidation sites excluding steroid dienone is 4. The fourth-order valence-electron chi connectivity index (χ4n) is 11.2. The van der Waals surface area contributed by atoms with E-state index in [9.17, 15) is 0 Å². The summed E-state index contributed by atoms with van der Waals surface area (Å²) in [5, 5.41) is 0. The van der Waals surface area contributed by atoms with Gasteiger partial charge in [-0.25, -0.2) is 0 Å². The van der Waals surface area contributed by atoms with E-state index in [0.717, 1.165) is 49.2 Å². The van der Waals surface area contributed by atoms with Gasteiger partial charge in [-0.1, -0.05) is 351 Å². The van der Waals surface area contributed by atoms with Crippen LogP contribution in [0.2, 0.25) is 0 Å². The Morgan fingerprint density at radius 3 is 0.844 bits per heavy atom. The Balaban J connectivity index is 0.0000296. The fraction of sp³-hybridized carbons (Fsp3) is 0.757. The molecule has 0 fully saturated rings. The number of aryl methyl sites for hydroxylation is 2. The van der Waals surface area contributed by atoms with Crippen LogP contribution in [0.1, 0.15) is 359 Å². The molecule has 0 radical (unpaired) electrons. The minimum Gasteiger partial charge on any atom is -0.255 e. The third-order valence-electron chi connectivity index (χ3n) is 16.4. The van der Waals surface area contributed by atoms with Gasteiger partial charge in [-0.15, -0.1) is 0 Å². The van der Waals surface area contributed by atoms with Crippen molar-refractivity contribution in [1.29, 1.82) is 0 Å². The molecule has 0 atom stereocenters. The molecule has 2 rings (SSSR count). The third-order valence-corrected chi connectivity index (χ3v) is 16.4. The van der Waals surface area contributed by atoms with Crippen molar-refractivity contribution in [2.75, 3.05) is 0 Å². The van der Waals surface area contributed by atoms with Crippen LogP contribution >= 0.6 is 0 Å². The number of hydrogen-bond acceptors (Lipinski definition) is 2. The van der Waals surface area contributed by atoms with Crippen LogP contribution in [0.25, 0.3) is 0 Å². The van der Waals surface area contributed by atoms with Gasteiger partial charge in [-0.3, -0.25) is 9.98 Å². The van der Waals surface area contributed by atoms with Gasteiger partial charge in [0.05, 0.1) is 17.1 Å². The molecule has 0 bridgehead atoms. The summed E-state index contributed by atoms with van der Waals surface area (Å²) >= 11 is 0. The Kier molecular flexibility index (Phi) is 56.6. The summed E-state index contributed by atoms with van der Waals surface area (Å²) in [4.78, 5) is 10.1. The minimum absolute atomic E-state index is 0. The van der Waals surface area contributed by atoms with Gasteiger partial charge < -0.3 is 0 Å². The van der Waals surface area contributed by atoms with Crippen molar-refractivity contribution in [3.05, 3.63) is 84.0 Å². The first-order chi connectivity index (χ1) is 37.8. The Hall–Kier alpha value is -2.25. The molecule has 0 N–H and O–H groups in total. The molecule has 0 saturated carbocycles. The van der Waals surface area contributed by atoms with Crippen LogP contribution in [0.15, 0.2) is 82.8 Å². The Morgan fingerprint density at radius 1 is 0.299 bits per heavy atom. The fourth-order valence-corrected chi connectivity index (χ4v) is 11.2. The number of unbranched alkanes of at least 4 members (excludes halogenated alkanes) is 46. The van der Waals surface area contributed by atoms with E-state index in [0.29, 0.717) is 0 Å². The van der Waals surface area contributed by atoms with Gasteiger partial charge >= 0.3 is 0 Å². The summed E-state index contributed by atoms with van der Waals surface area (Å²) in [7, 11) is 0. The average Bonchev–Trinajstić information content (AvgIpc) is 3.44. The molecule has 2 aromatic carbocycles. The number of para-hydroxylation sites is 2. The first-order valence-corrected chi connectivity index (χ1v) is 34.4. The van der Waals surface area contributed by atoms with Crippen molar-refractivity contribution in [1.82, 2.24) is 0 Å². The van der Waals surface area contributed by atoms with Crippen molar-refractivity contribution in [3.8, 4) is 0 Å². The first-order valence-electron chi connectivity index (χ1n) is 34.4. The standard InChI is InChI=1S/C74H128N2.Ni/c1-4-7-9-11-13-15-17-19-21-23-25-27-29-31-33-35-37-39-41-43-45-47-49-51-53-55-57-63-70-65-59-61-67-73(70)75-69-72(6-3)76-74-68-62-60-66-71(74)64-58-56-54-52-50-48-46-44-42-40-38-36-34-32-30-28-26-24-22-20-18-16-14-12-10-8-5-2;/h51-54,59-62,65-69H,4-50,55-58,63-64H2,1-3H3;/b53-51+,54-52+,75-69?,76-72?;. The summed E-state index contributed by atoms with van der Waals surface area (Å²) < 4.78 is 0. The van der Waals surface area contributed by atoms with E-state index >= 15 is 0 Å². The molecular weight excluding hydrogens is 976 g/mol. The van der Waals surface area contributed by atoms with Gasteiger partial charge in [0.15, 0.2) is 0 Å². The van der Waals surface area contributed by atoms with Crippen molar-refractivity contribution >= 4 is 23.3 Å². The molecule has 2 aromatic rings. The largest absolute Gasteiger partial charge is 0.255 e. The molecule has 3 heteroatoms. The molecule has 0 aromatic heterocycles. The van der Waals surface area contributed by atoms with Gasteiger partial charge in [0, 0.05) is 22.7 Å². The summed E-state index contributed by atoms with van der Waals surface area (Å²) in [6.07, 6.45) is 85.5. The van der Waals surface area contributed by atoms with Crippen LogP contribution in [-0.2, 0) is 29.3 Å². The number of rotatable bonds is 58. The van der Waals surface area contributed by atoms with Crippen LogP contribution in [0.4, 0.5) is 11.4 Å². The molecule has 0 spiro atoms. The van der Waals surface area contributed by atoms with Crippen LogP contribution in [0, 0.1) is 0 Å². The normalized spacial score (nSPS) is 12.1. The van der Waals surface area contributed by atoms with E-state index in [1.54, 1.807) is 0 Å². The van der Waals surface area contributed by atoms with Crippen molar-refractivity contribution < 1.29 is 16.5 Å². The Bertz CT molecular complexity index is 1620. The summed E-state index contributed by atoms with van der Waals surface area (Å²) in [6, 6.07) is 17.4. The van der Waals surface area contributed by atoms with Gasteiger partial charge in [-0.05, 0) is 93.9 Å². The predicted molar refractivity (Wildman–Crippen MR) is 346 cm³/mol. The molecule has 0 amide bonds. The second kappa shape index (κ2) is 59.9. The monoisotopic (exact) mass is 1100 g/mol. The van der Waals surface area contributed by atoms with E-state index < -0.39 is 0 Å². The molecular formula is C74H128N2Ni. The van der Waals surface area contributed by atoms with E-state index in [1.807, 2.05) is 6.21 Å². The van der Waals surface area contributed by atoms with Gasteiger partial charge in [0.2, 0.25) is 0 Å². The average molecular weight is 1100 g/mol. The Morgan fingerprint density at radius 2 is 0.545 bits per heavy atom. The maximum absolute atomic E-state index is 5.15. The zero-order valence-corrected chi connectivity index (χ0v) is 52.7. The van der Waals surface area contributed by atoms with Crippen molar-refractivity contribution in [2.24, 2.45) is 9.98 Å². The molecule has 0 aliphatic rings. The Labute approximate surface area is 492 Å². The number of nitrogens with zero attached hydrogens (tertiary/aromatic N) is 2. The molecule has 77 heavy (non-hydrogen) atoms. The minimum atomic E-state index is 0. The second-order valence-electron chi connectivity index (χ2n) is 23.6. The van der Waals surface area contributed by atoms with Crippen LogP contribution in [0.3, 0.4) is 0 Å². The van der Waals surface area contributed by atoms with Crippen molar-refractivity contribution in [2.45, 2.75) is 361 Å². The predicted octanol–water partition coefficient (Wildman–Crippen LogP) is 26.3. The van der Waals surface area contributed by atoms with E-state index in [2.05, 4.69) is 93.6 Å². The van der Waals surface area contributed by atoms with Crippen LogP contribution in [-0.4, -0.2) is 11.9 Å². The molecule has 444 valence electrons. The summed E-state index contributed by atoms with van der Waals surface area (Å²) in [5.74, 6) is 0. The quantitative estimate of drug-likeness (QED) is 0.0273. The summed E-state index contributed by atoms with van der Waals surface area (Å²) in [6.45, 7) is 6.81. The van der Waals surface area contributed by atoms with E-state index in [-0.39, 0.29) is 16.5 Å². The number of hydrogen-bond donors (Lipinski definition) is 0. The second-order valence-corrected chi connectivity index (χ2v) is 23.6. The summed E-state index contributed by atoms with van der Waals surface area (Å²) in [5.41, 5.74) is 5.92. The molecule has 2 nitrogen and oxygen atoms in total. The van der Waals surface area contributed by atoms with E-state index in [1.165, 1.54) is 319 Å². The van der Waals surface area contributed by atoms with Gasteiger partial charge in [0.1, 0.15) is 0 Å². The first kappa shape index (κ1) is 72.8. The maximum Gasteiger partial charge on any atom is 0.0665 e.